The third-order valence-corrected chi connectivity index (χ3v) is 1.19. The van der Waals surface area contributed by atoms with Gasteiger partial charge in [0.1, 0.15) is 6.29 Å². The molecule has 3 nitrogen and oxygen atoms in total. The number of amides is 1. The van der Waals surface area contributed by atoms with Crippen LogP contribution in [0.4, 0.5) is 0 Å². The Morgan fingerprint density at radius 2 is 2.00 bits per heavy atom. The molecular weight excluding hydrogens is 118 g/mol. The molecule has 52 valence electrons. The van der Waals surface area contributed by atoms with Crippen molar-refractivity contribution in [2.45, 2.75) is 13.8 Å². The Labute approximate surface area is 54.2 Å². The van der Waals surface area contributed by atoms with E-state index < -0.39 is 11.8 Å². The molecule has 0 rings (SSSR count). The Kier molecular flexibility index (Phi) is 2.91. The number of rotatable bonds is 3. The fourth-order valence-corrected chi connectivity index (χ4v) is 0.553. The van der Waals surface area contributed by atoms with Crippen LogP contribution in [-0.4, -0.2) is 12.2 Å². The molecule has 3 heteroatoms. The van der Waals surface area contributed by atoms with Gasteiger partial charge in [-0.15, -0.1) is 0 Å². The van der Waals surface area contributed by atoms with Crippen LogP contribution in [0.1, 0.15) is 13.8 Å². The van der Waals surface area contributed by atoms with Crippen LogP contribution in [-0.2, 0) is 9.59 Å². The lowest BCUT2D eigenvalue weighted by molar-refractivity contribution is -0.128. The lowest BCUT2D eigenvalue weighted by Gasteiger charge is -2.07. The fourth-order valence-electron chi connectivity index (χ4n) is 0.553. The SMILES string of the molecule is CC(C)C(C=O)C(N)=O. The first-order valence-electron chi connectivity index (χ1n) is 2.84. The topological polar surface area (TPSA) is 60.2 Å². The molecule has 0 heterocycles. The lowest BCUT2D eigenvalue weighted by Crippen LogP contribution is -2.28. The number of aldehydes is 1. The first-order chi connectivity index (χ1) is 4.09. The number of carbonyl (C=O) groups excluding carboxylic acids is 2. The van der Waals surface area contributed by atoms with E-state index in [1.165, 1.54) is 0 Å². The van der Waals surface area contributed by atoms with Gasteiger partial charge in [0.2, 0.25) is 5.91 Å². The maximum absolute atomic E-state index is 10.4. The summed E-state index contributed by atoms with van der Waals surface area (Å²) < 4.78 is 0. The van der Waals surface area contributed by atoms with E-state index in [0.717, 1.165) is 0 Å². The fraction of sp³-hybridized carbons (Fsp3) is 0.667. The minimum atomic E-state index is -0.620. The number of primary amides is 1. The van der Waals surface area contributed by atoms with Crippen LogP contribution in [0.3, 0.4) is 0 Å². The second-order valence-electron chi connectivity index (χ2n) is 2.31. The van der Waals surface area contributed by atoms with Crippen molar-refractivity contribution in [3.8, 4) is 0 Å². The molecule has 0 aliphatic carbocycles. The molecule has 0 fully saturated rings. The number of hydrogen-bond acceptors (Lipinski definition) is 2. The summed E-state index contributed by atoms with van der Waals surface area (Å²) in [6, 6.07) is 0. The second kappa shape index (κ2) is 3.22. The highest BCUT2D eigenvalue weighted by Gasteiger charge is 2.17. The average molecular weight is 129 g/mol. The minimum absolute atomic E-state index is 0.0139. The van der Waals surface area contributed by atoms with Crippen molar-refractivity contribution in [2.75, 3.05) is 0 Å². The van der Waals surface area contributed by atoms with Crippen molar-refractivity contribution in [3.05, 3.63) is 0 Å². The van der Waals surface area contributed by atoms with E-state index >= 15 is 0 Å². The van der Waals surface area contributed by atoms with E-state index in [-0.39, 0.29) is 5.92 Å². The van der Waals surface area contributed by atoms with E-state index in [0.29, 0.717) is 6.29 Å². The van der Waals surface area contributed by atoms with Crippen molar-refractivity contribution in [1.29, 1.82) is 0 Å². The predicted molar refractivity (Wildman–Crippen MR) is 33.6 cm³/mol. The van der Waals surface area contributed by atoms with Crippen LogP contribution >= 0.6 is 0 Å². The summed E-state index contributed by atoms with van der Waals surface area (Å²) in [7, 11) is 0. The van der Waals surface area contributed by atoms with Crippen LogP contribution in [0, 0.1) is 11.8 Å². The number of carbonyl (C=O) groups is 2. The summed E-state index contributed by atoms with van der Waals surface area (Å²) in [5.41, 5.74) is 4.88. The van der Waals surface area contributed by atoms with E-state index in [1.54, 1.807) is 13.8 Å². The van der Waals surface area contributed by atoms with Crippen molar-refractivity contribution in [2.24, 2.45) is 17.6 Å². The molecule has 0 aromatic heterocycles. The molecule has 0 radical (unpaired) electrons. The second-order valence-corrected chi connectivity index (χ2v) is 2.31. The van der Waals surface area contributed by atoms with Gasteiger partial charge in [-0.05, 0) is 5.92 Å². The van der Waals surface area contributed by atoms with Crippen LogP contribution < -0.4 is 5.73 Å². The van der Waals surface area contributed by atoms with Gasteiger partial charge in [-0.25, -0.2) is 0 Å². The monoisotopic (exact) mass is 129 g/mol. The van der Waals surface area contributed by atoms with Crippen molar-refractivity contribution >= 4 is 12.2 Å². The standard InChI is InChI=1S/C6H11NO2/c1-4(2)5(3-8)6(7)9/h3-5H,1-2H3,(H2,7,9). The normalized spacial score (nSPS) is 13.2. The predicted octanol–water partition coefficient (Wildman–Crippen LogP) is -0.0572. The van der Waals surface area contributed by atoms with Gasteiger partial charge in [0.05, 0.1) is 5.92 Å². The van der Waals surface area contributed by atoms with Crippen LogP contribution in [0.2, 0.25) is 0 Å². The third-order valence-electron chi connectivity index (χ3n) is 1.19. The highest BCUT2D eigenvalue weighted by atomic mass is 16.2. The molecule has 1 atom stereocenters. The Hall–Kier alpha value is -0.860. The lowest BCUT2D eigenvalue weighted by atomic mass is 9.97. The Balaban J connectivity index is 3.98. The van der Waals surface area contributed by atoms with Crippen molar-refractivity contribution < 1.29 is 9.59 Å². The van der Waals surface area contributed by atoms with Crippen LogP contribution in [0.25, 0.3) is 0 Å². The van der Waals surface area contributed by atoms with Crippen molar-refractivity contribution in [1.82, 2.24) is 0 Å². The Morgan fingerprint density at radius 1 is 1.56 bits per heavy atom. The molecule has 0 saturated heterocycles. The molecule has 0 aliphatic rings. The smallest absolute Gasteiger partial charge is 0.227 e. The van der Waals surface area contributed by atoms with Gasteiger partial charge in [-0.1, -0.05) is 13.8 Å². The van der Waals surface area contributed by atoms with Gasteiger partial charge in [-0.3, -0.25) is 4.79 Å². The van der Waals surface area contributed by atoms with Crippen LogP contribution in [0.5, 0.6) is 0 Å². The van der Waals surface area contributed by atoms with Gasteiger partial charge in [0.15, 0.2) is 0 Å². The molecule has 2 N–H and O–H groups in total. The summed E-state index contributed by atoms with van der Waals surface area (Å²) >= 11 is 0. The minimum Gasteiger partial charge on any atom is -0.369 e. The molecule has 1 amide bonds. The van der Waals surface area contributed by atoms with Gasteiger partial charge in [0.25, 0.3) is 0 Å². The largest absolute Gasteiger partial charge is 0.369 e. The highest BCUT2D eigenvalue weighted by Crippen LogP contribution is 2.05. The zero-order valence-corrected chi connectivity index (χ0v) is 5.63. The van der Waals surface area contributed by atoms with E-state index in [1.807, 2.05) is 0 Å². The zero-order chi connectivity index (χ0) is 7.44. The van der Waals surface area contributed by atoms with Gasteiger partial charge < -0.3 is 10.5 Å². The van der Waals surface area contributed by atoms with Gasteiger partial charge in [0, 0.05) is 0 Å². The Bertz CT molecular complexity index is 120. The average Bonchev–Trinajstić information content (AvgIpc) is 1.64. The van der Waals surface area contributed by atoms with Crippen molar-refractivity contribution in [3.63, 3.8) is 0 Å². The summed E-state index contributed by atoms with van der Waals surface area (Å²) in [6.07, 6.45) is 0.590. The van der Waals surface area contributed by atoms with Gasteiger partial charge in [-0.2, -0.15) is 0 Å². The maximum atomic E-state index is 10.4. The van der Waals surface area contributed by atoms with E-state index in [4.69, 9.17) is 5.73 Å². The maximum Gasteiger partial charge on any atom is 0.227 e. The van der Waals surface area contributed by atoms with Gasteiger partial charge >= 0.3 is 0 Å². The quantitative estimate of drug-likeness (QED) is 0.428. The molecule has 9 heavy (non-hydrogen) atoms. The third kappa shape index (κ3) is 2.26. The van der Waals surface area contributed by atoms with E-state index in [9.17, 15) is 9.59 Å². The molecule has 0 aromatic rings. The molecular formula is C6H11NO2. The number of nitrogens with two attached hydrogens (primary N) is 1. The first kappa shape index (κ1) is 8.14. The summed E-state index contributed by atoms with van der Waals surface area (Å²) in [5, 5.41) is 0. The summed E-state index contributed by atoms with van der Waals surface area (Å²) in [4.78, 5) is 20.5. The molecule has 1 unspecified atom stereocenters. The Morgan fingerprint density at radius 3 is 2.00 bits per heavy atom. The highest BCUT2D eigenvalue weighted by molar-refractivity contribution is 5.90. The van der Waals surface area contributed by atoms with Crippen LogP contribution in [0.15, 0.2) is 0 Å². The molecule has 0 saturated carbocycles. The number of hydrogen-bond donors (Lipinski definition) is 1. The molecule has 0 bridgehead atoms. The summed E-state index contributed by atoms with van der Waals surface area (Å²) in [6.45, 7) is 3.56. The van der Waals surface area contributed by atoms with E-state index in [2.05, 4.69) is 0 Å². The molecule has 0 aliphatic heterocycles. The zero-order valence-electron chi connectivity index (χ0n) is 5.63. The first-order valence-corrected chi connectivity index (χ1v) is 2.84. The molecule has 0 spiro atoms. The summed E-state index contributed by atoms with van der Waals surface area (Å²) in [5.74, 6) is -1.15. The molecule has 0 aromatic carbocycles.